The Hall–Kier alpha value is -3.96. The van der Waals surface area contributed by atoms with E-state index in [4.69, 9.17) is 9.47 Å². The Morgan fingerprint density at radius 2 is 1.98 bits per heavy atom. The van der Waals surface area contributed by atoms with Gasteiger partial charge in [-0.05, 0) is 71.5 Å². The third kappa shape index (κ3) is 6.60. The van der Waals surface area contributed by atoms with Gasteiger partial charge in [0, 0.05) is 13.1 Å². The summed E-state index contributed by atoms with van der Waals surface area (Å²) in [7, 11) is -3.55. The molecule has 0 fully saturated rings. The molecular weight excluding hydrogens is 537 g/mol. The molecule has 0 saturated carbocycles. The van der Waals surface area contributed by atoms with Crippen LogP contribution in [0.15, 0.2) is 60.7 Å². The Balaban J connectivity index is 1.54. The summed E-state index contributed by atoms with van der Waals surface area (Å²) in [6, 6.07) is 16.7. The number of nitrogens with one attached hydrogen (secondary N) is 2. The first-order valence-electron chi connectivity index (χ1n) is 13.0. The Morgan fingerprint density at radius 3 is 2.80 bits per heavy atom. The maximum atomic E-state index is 14.6. The summed E-state index contributed by atoms with van der Waals surface area (Å²) in [6.45, 7) is 0.760. The van der Waals surface area contributed by atoms with Crippen molar-refractivity contribution in [2.75, 3.05) is 32.5 Å². The Morgan fingerprint density at radius 1 is 1.12 bits per heavy atom. The van der Waals surface area contributed by atoms with E-state index in [9.17, 15) is 22.4 Å². The molecule has 40 heavy (non-hydrogen) atoms. The zero-order valence-electron chi connectivity index (χ0n) is 22.0. The minimum Gasteiger partial charge on any atom is -0.494 e. The zero-order chi connectivity index (χ0) is 28.3. The molecule has 0 aliphatic carbocycles. The van der Waals surface area contributed by atoms with Crippen molar-refractivity contribution in [2.24, 2.45) is 0 Å². The molecule has 3 aromatic rings. The van der Waals surface area contributed by atoms with Gasteiger partial charge in [0.05, 0.1) is 31.9 Å². The molecule has 3 aliphatic heterocycles. The molecule has 3 aromatic carbocycles. The molecule has 3 heterocycles. The smallest absolute Gasteiger partial charge is 0.238 e. The number of carbonyl (C=O) groups excluding carboxylic acids is 2. The normalized spacial score (nSPS) is 17.5. The Kier molecular flexibility index (Phi) is 8.04. The highest BCUT2D eigenvalue weighted by Crippen LogP contribution is 2.39. The van der Waals surface area contributed by atoms with Crippen molar-refractivity contribution in [1.29, 1.82) is 0 Å². The number of carbonyl (C=O) groups is 2. The van der Waals surface area contributed by atoms with Crippen molar-refractivity contribution in [2.45, 2.75) is 25.3 Å². The average Bonchev–Trinajstić information content (AvgIpc) is 2.92. The number of halogens is 1. The van der Waals surface area contributed by atoms with Crippen molar-refractivity contribution in [3.8, 4) is 17.2 Å². The van der Waals surface area contributed by atoms with Crippen LogP contribution in [-0.4, -0.2) is 57.6 Å². The van der Waals surface area contributed by atoms with Crippen LogP contribution in [0.2, 0.25) is 0 Å². The summed E-state index contributed by atoms with van der Waals surface area (Å²) >= 11 is 0. The van der Waals surface area contributed by atoms with Crippen molar-refractivity contribution < 1.29 is 31.9 Å². The van der Waals surface area contributed by atoms with Crippen LogP contribution in [0.3, 0.4) is 0 Å². The van der Waals surface area contributed by atoms with E-state index in [1.165, 1.54) is 12.1 Å². The van der Waals surface area contributed by atoms with Crippen LogP contribution in [0.4, 0.5) is 4.39 Å². The first-order chi connectivity index (χ1) is 19.2. The fraction of sp³-hybridized carbons (Fsp3) is 0.310. The number of fused-ring (bicyclic) bond motifs is 7. The molecule has 0 radical (unpaired) electrons. The van der Waals surface area contributed by atoms with Crippen LogP contribution in [-0.2, 0) is 32.5 Å². The summed E-state index contributed by atoms with van der Waals surface area (Å²) in [6.07, 6.45) is 2.16. The van der Waals surface area contributed by atoms with Gasteiger partial charge in [0.25, 0.3) is 0 Å². The highest BCUT2D eigenvalue weighted by Gasteiger charge is 2.33. The molecule has 0 spiro atoms. The lowest BCUT2D eigenvalue weighted by Crippen LogP contribution is -2.45. The fourth-order valence-corrected chi connectivity index (χ4v) is 5.35. The maximum Gasteiger partial charge on any atom is 0.238 e. The molecule has 0 aromatic heterocycles. The number of ether oxygens (including phenoxy) is 2. The SMILES string of the molecule is CS(=O)(=O)NCC(=O)N1CCc2cc3ccc2C1c1cccc(c1)OCCCNC(=O)Cc1ccc(F)c(c1)O3. The van der Waals surface area contributed by atoms with Gasteiger partial charge in [-0.25, -0.2) is 17.5 Å². The van der Waals surface area contributed by atoms with Gasteiger partial charge in [0.1, 0.15) is 11.5 Å². The largest absolute Gasteiger partial charge is 0.494 e. The zero-order valence-corrected chi connectivity index (χ0v) is 22.8. The molecule has 9 nitrogen and oxygen atoms in total. The predicted octanol–water partition coefficient (Wildman–Crippen LogP) is 3.08. The summed E-state index contributed by atoms with van der Waals surface area (Å²) in [4.78, 5) is 27.3. The molecular formula is C29H30FN3O6S. The number of hydrogen-bond acceptors (Lipinski definition) is 6. The fourth-order valence-electron chi connectivity index (χ4n) is 4.96. The average molecular weight is 568 g/mol. The molecule has 6 rings (SSSR count). The molecule has 8 bridgehead atoms. The standard InChI is InChI=1S/C29H30FN3O6S/c1-40(36,37)32-18-28(35)33-12-10-20-16-23-7-8-24(20)29(33)21-4-2-5-22(17-21)38-13-3-11-31-27(34)15-19-6-9-25(30)26(14-19)39-23/h2,4-9,14,16-17,29,32H,3,10-13,15,18H2,1H3,(H,31,34). The van der Waals surface area contributed by atoms with Gasteiger partial charge in [0.2, 0.25) is 21.8 Å². The Bertz CT molecular complexity index is 1540. The number of benzene rings is 3. The highest BCUT2D eigenvalue weighted by atomic mass is 32.2. The van der Waals surface area contributed by atoms with Crippen LogP contribution >= 0.6 is 0 Å². The summed E-state index contributed by atoms with van der Waals surface area (Å²) < 4.78 is 52.1. The number of hydrogen-bond donors (Lipinski definition) is 2. The van der Waals surface area contributed by atoms with E-state index < -0.39 is 21.9 Å². The third-order valence-corrected chi connectivity index (χ3v) is 7.49. The minimum absolute atomic E-state index is 0.0141. The predicted molar refractivity (Wildman–Crippen MR) is 146 cm³/mol. The molecule has 11 heteroatoms. The summed E-state index contributed by atoms with van der Waals surface area (Å²) in [5, 5.41) is 2.85. The van der Waals surface area contributed by atoms with E-state index in [0.717, 1.165) is 22.9 Å². The molecule has 2 amide bonds. The molecule has 2 N–H and O–H groups in total. The molecule has 3 aliphatic rings. The topological polar surface area (TPSA) is 114 Å². The molecule has 210 valence electrons. The van der Waals surface area contributed by atoms with Gasteiger partial charge in [-0.1, -0.05) is 24.3 Å². The lowest BCUT2D eigenvalue weighted by Gasteiger charge is -2.38. The van der Waals surface area contributed by atoms with Gasteiger partial charge in [-0.3, -0.25) is 9.59 Å². The number of amides is 2. The van der Waals surface area contributed by atoms with Crippen molar-refractivity contribution >= 4 is 21.8 Å². The Labute approximate surface area is 232 Å². The van der Waals surface area contributed by atoms with Gasteiger partial charge in [-0.15, -0.1) is 0 Å². The third-order valence-electron chi connectivity index (χ3n) is 6.82. The molecule has 1 atom stereocenters. The van der Waals surface area contributed by atoms with Crippen molar-refractivity contribution in [3.63, 3.8) is 0 Å². The highest BCUT2D eigenvalue weighted by molar-refractivity contribution is 7.88. The van der Waals surface area contributed by atoms with E-state index in [1.807, 2.05) is 36.4 Å². The van der Waals surface area contributed by atoms with Crippen molar-refractivity contribution in [1.82, 2.24) is 14.9 Å². The van der Waals surface area contributed by atoms with Gasteiger partial charge in [-0.2, -0.15) is 0 Å². The second-order valence-corrected chi connectivity index (χ2v) is 11.7. The lowest BCUT2D eigenvalue weighted by molar-refractivity contribution is -0.132. The quantitative estimate of drug-likeness (QED) is 0.503. The van der Waals surface area contributed by atoms with Crippen LogP contribution in [0.5, 0.6) is 17.2 Å². The minimum atomic E-state index is -3.55. The van der Waals surface area contributed by atoms with E-state index in [2.05, 4.69) is 10.0 Å². The van der Waals surface area contributed by atoms with Gasteiger partial charge >= 0.3 is 0 Å². The van der Waals surface area contributed by atoms with Crippen LogP contribution < -0.4 is 19.5 Å². The first kappa shape index (κ1) is 27.6. The van der Waals surface area contributed by atoms with E-state index in [-0.39, 0.29) is 30.5 Å². The molecule has 1 unspecified atom stereocenters. The summed E-state index contributed by atoms with van der Waals surface area (Å²) in [5.41, 5.74) is 3.19. The molecule has 0 saturated heterocycles. The lowest BCUT2D eigenvalue weighted by atomic mass is 9.87. The number of sulfonamides is 1. The second-order valence-electron chi connectivity index (χ2n) is 9.86. The van der Waals surface area contributed by atoms with Gasteiger partial charge < -0.3 is 19.7 Å². The first-order valence-corrected chi connectivity index (χ1v) is 14.9. The van der Waals surface area contributed by atoms with E-state index in [1.54, 1.807) is 17.0 Å². The van der Waals surface area contributed by atoms with Crippen molar-refractivity contribution in [3.05, 3.63) is 88.7 Å². The van der Waals surface area contributed by atoms with Gasteiger partial charge in [0.15, 0.2) is 11.6 Å². The monoisotopic (exact) mass is 567 g/mol. The van der Waals surface area contributed by atoms with Crippen LogP contribution in [0.1, 0.15) is 34.7 Å². The summed E-state index contributed by atoms with van der Waals surface area (Å²) in [5.74, 6) is -0.0442. The number of nitrogens with zero attached hydrogens (tertiary/aromatic N) is 1. The second kappa shape index (κ2) is 11.6. The van der Waals surface area contributed by atoms with E-state index in [0.29, 0.717) is 49.6 Å². The van der Waals surface area contributed by atoms with Crippen LogP contribution in [0.25, 0.3) is 0 Å². The van der Waals surface area contributed by atoms with Crippen LogP contribution in [0, 0.1) is 5.82 Å². The maximum absolute atomic E-state index is 14.6. The number of rotatable bonds is 3. The van der Waals surface area contributed by atoms with E-state index >= 15 is 0 Å².